The summed E-state index contributed by atoms with van der Waals surface area (Å²) in [7, 11) is 0. The Morgan fingerprint density at radius 3 is 2.60 bits per heavy atom. The largest absolute Gasteiger partial charge is 0.464 e. The molecule has 2 aromatic heterocycles. The van der Waals surface area contributed by atoms with E-state index in [1.807, 2.05) is 19.1 Å². The molecule has 0 spiro atoms. The molecule has 0 radical (unpaired) electrons. The van der Waals surface area contributed by atoms with Crippen LogP contribution in [0.3, 0.4) is 0 Å². The molecule has 2 nitrogen and oxygen atoms in total. The van der Waals surface area contributed by atoms with Crippen LogP contribution in [0.2, 0.25) is 0 Å². The van der Waals surface area contributed by atoms with Crippen molar-refractivity contribution in [1.82, 2.24) is 0 Å². The highest BCUT2D eigenvalue weighted by Gasteiger charge is 2.16. The quantitative estimate of drug-likeness (QED) is 0.912. The van der Waals surface area contributed by atoms with Crippen molar-refractivity contribution in [2.24, 2.45) is 5.73 Å². The van der Waals surface area contributed by atoms with E-state index in [-0.39, 0.29) is 6.04 Å². The number of halogens is 1. The zero-order valence-corrected chi connectivity index (χ0v) is 11.0. The number of furan rings is 1. The third kappa shape index (κ3) is 2.17. The Kier molecular flexibility index (Phi) is 3.00. The standard InChI is InChI=1S/C11H12BrNOS/c1-6-3-4-9(14-6)11(13)8-5-10(12)15-7(8)2/h3-5,11H,13H2,1-2H3. The van der Waals surface area contributed by atoms with Crippen molar-refractivity contribution in [2.45, 2.75) is 19.9 Å². The molecule has 0 amide bonds. The Labute approximate surface area is 101 Å². The van der Waals surface area contributed by atoms with Crippen LogP contribution in [0.25, 0.3) is 0 Å². The van der Waals surface area contributed by atoms with Gasteiger partial charge in [0, 0.05) is 4.88 Å². The second-order valence-corrected chi connectivity index (χ2v) is 6.12. The zero-order valence-electron chi connectivity index (χ0n) is 8.58. The summed E-state index contributed by atoms with van der Waals surface area (Å²) in [5.41, 5.74) is 7.26. The first-order chi connectivity index (χ1) is 7.08. The van der Waals surface area contributed by atoms with Gasteiger partial charge in [0.05, 0.1) is 9.83 Å². The minimum Gasteiger partial charge on any atom is -0.464 e. The summed E-state index contributed by atoms with van der Waals surface area (Å²) in [6.45, 7) is 3.99. The van der Waals surface area contributed by atoms with Gasteiger partial charge < -0.3 is 10.2 Å². The molecule has 15 heavy (non-hydrogen) atoms. The number of nitrogens with two attached hydrogens (primary N) is 1. The molecular formula is C11H12BrNOS. The van der Waals surface area contributed by atoms with Gasteiger partial charge in [0.15, 0.2) is 0 Å². The Hall–Kier alpha value is -0.580. The van der Waals surface area contributed by atoms with Crippen LogP contribution in [0.5, 0.6) is 0 Å². The Morgan fingerprint density at radius 2 is 2.13 bits per heavy atom. The first-order valence-corrected chi connectivity index (χ1v) is 6.26. The molecule has 1 atom stereocenters. The molecule has 0 aliphatic rings. The van der Waals surface area contributed by atoms with Crippen molar-refractivity contribution in [1.29, 1.82) is 0 Å². The first kappa shape index (κ1) is 10.9. The van der Waals surface area contributed by atoms with Crippen LogP contribution < -0.4 is 5.73 Å². The van der Waals surface area contributed by atoms with Crippen LogP contribution in [-0.2, 0) is 0 Å². The highest BCUT2D eigenvalue weighted by molar-refractivity contribution is 9.11. The summed E-state index contributed by atoms with van der Waals surface area (Å²) >= 11 is 5.16. The Morgan fingerprint density at radius 1 is 1.40 bits per heavy atom. The normalized spacial score (nSPS) is 13.1. The predicted molar refractivity (Wildman–Crippen MR) is 66.2 cm³/mol. The van der Waals surface area contributed by atoms with E-state index in [0.717, 1.165) is 20.9 Å². The van der Waals surface area contributed by atoms with Gasteiger partial charge in [-0.25, -0.2) is 0 Å². The van der Waals surface area contributed by atoms with Crippen molar-refractivity contribution in [3.63, 3.8) is 0 Å². The maximum atomic E-state index is 6.14. The molecule has 80 valence electrons. The minimum atomic E-state index is -0.166. The van der Waals surface area contributed by atoms with Crippen molar-refractivity contribution >= 4 is 27.3 Å². The van der Waals surface area contributed by atoms with Gasteiger partial charge >= 0.3 is 0 Å². The lowest BCUT2D eigenvalue weighted by molar-refractivity contribution is 0.466. The van der Waals surface area contributed by atoms with E-state index in [0.29, 0.717) is 0 Å². The average molecular weight is 286 g/mol. The highest BCUT2D eigenvalue weighted by Crippen LogP contribution is 2.32. The molecule has 2 heterocycles. The van der Waals surface area contributed by atoms with Gasteiger partial charge in [-0.3, -0.25) is 0 Å². The lowest BCUT2D eigenvalue weighted by Crippen LogP contribution is -2.10. The molecule has 0 aliphatic heterocycles. The van der Waals surface area contributed by atoms with E-state index >= 15 is 0 Å². The molecule has 0 fully saturated rings. The second kappa shape index (κ2) is 4.12. The molecule has 2 N–H and O–H groups in total. The second-order valence-electron chi connectivity index (χ2n) is 3.49. The van der Waals surface area contributed by atoms with Gasteiger partial charge in [-0.1, -0.05) is 0 Å². The number of rotatable bonds is 2. The molecule has 0 saturated heterocycles. The smallest absolute Gasteiger partial charge is 0.125 e. The fraction of sp³-hybridized carbons (Fsp3) is 0.273. The Balaban J connectivity index is 2.35. The van der Waals surface area contributed by atoms with E-state index in [1.54, 1.807) is 11.3 Å². The summed E-state index contributed by atoms with van der Waals surface area (Å²) < 4.78 is 6.63. The van der Waals surface area contributed by atoms with E-state index in [9.17, 15) is 0 Å². The van der Waals surface area contributed by atoms with Gasteiger partial charge in [-0.15, -0.1) is 11.3 Å². The van der Waals surface area contributed by atoms with Gasteiger partial charge in [-0.05, 0) is 53.5 Å². The van der Waals surface area contributed by atoms with Crippen LogP contribution >= 0.6 is 27.3 Å². The number of hydrogen-bond acceptors (Lipinski definition) is 3. The minimum absolute atomic E-state index is 0.166. The van der Waals surface area contributed by atoms with Gasteiger partial charge in [0.2, 0.25) is 0 Å². The summed E-state index contributed by atoms with van der Waals surface area (Å²) in [5.74, 6) is 1.72. The maximum absolute atomic E-state index is 6.14. The molecule has 0 aromatic carbocycles. The maximum Gasteiger partial charge on any atom is 0.125 e. The average Bonchev–Trinajstić information content (AvgIpc) is 2.71. The van der Waals surface area contributed by atoms with Crippen LogP contribution in [-0.4, -0.2) is 0 Å². The third-order valence-electron chi connectivity index (χ3n) is 2.33. The molecule has 2 aromatic rings. The van der Waals surface area contributed by atoms with Crippen molar-refractivity contribution in [3.8, 4) is 0 Å². The lowest BCUT2D eigenvalue weighted by Gasteiger charge is -2.07. The van der Waals surface area contributed by atoms with Crippen molar-refractivity contribution in [3.05, 3.63) is 43.9 Å². The predicted octanol–water partition coefficient (Wildman–Crippen LogP) is 3.77. The number of aryl methyl sites for hydroxylation is 2. The van der Waals surface area contributed by atoms with E-state index in [2.05, 4.69) is 28.9 Å². The SMILES string of the molecule is Cc1ccc(C(N)c2cc(Br)sc2C)o1. The number of thiophene rings is 1. The van der Waals surface area contributed by atoms with E-state index in [4.69, 9.17) is 10.2 Å². The molecular weight excluding hydrogens is 274 g/mol. The van der Waals surface area contributed by atoms with Crippen LogP contribution in [0.1, 0.15) is 28.0 Å². The summed E-state index contributed by atoms with van der Waals surface area (Å²) in [5, 5.41) is 0. The zero-order chi connectivity index (χ0) is 11.0. The van der Waals surface area contributed by atoms with Crippen molar-refractivity contribution in [2.75, 3.05) is 0 Å². The third-order valence-corrected chi connectivity index (χ3v) is 3.90. The summed E-state index contributed by atoms with van der Waals surface area (Å²) in [6.07, 6.45) is 0. The van der Waals surface area contributed by atoms with Gasteiger partial charge in [0.1, 0.15) is 11.5 Å². The van der Waals surface area contributed by atoms with Gasteiger partial charge in [-0.2, -0.15) is 0 Å². The molecule has 4 heteroatoms. The van der Waals surface area contributed by atoms with Crippen molar-refractivity contribution < 1.29 is 4.42 Å². The number of hydrogen-bond donors (Lipinski definition) is 1. The molecule has 0 bridgehead atoms. The molecule has 2 rings (SSSR count). The molecule has 0 saturated carbocycles. The summed E-state index contributed by atoms with van der Waals surface area (Å²) in [6, 6.07) is 5.76. The monoisotopic (exact) mass is 285 g/mol. The molecule has 1 unspecified atom stereocenters. The van der Waals surface area contributed by atoms with Crippen LogP contribution in [0.15, 0.2) is 26.4 Å². The highest BCUT2D eigenvalue weighted by atomic mass is 79.9. The first-order valence-electron chi connectivity index (χ1n) is 4.65. The molecule has 0 aliphatic carbocycles. The fourth-order valence-corrected chi connectivity index (χ4v) is 3.30. The van der Waals surface area contributed by atoms with E-state index in [1.165, 1.54) is 4.88 Å². The van der Waals surface area contributed by atoms with E-state index < -0.39 is 0 Å². The fourth-order valence-electron chi connectivity index (χ4n) is 1.54. The Bertz CT molecular complexity index is 475. The topological polar surface area (TPSA) is 39.2 Å². The van der Waals surface area contributed by atoms with Crippen LogP contribution in [0.4, 0.5) is 0 Å². The van der Waals surface area contributed by atoms with Crippen LogP contribution in [0, 0.1) is 13.8 Å². The summed E-state index contributed by atoms with van der Waals surface area (Å²) in [4.78, 5) is 1.23. The van der Waals surface area contributed by atoms with Gasteiger partial charge in [0.25, 0.3) is 0 Å². The lowest BCUT2D eigenvalue weighted by atomic mass is 10.1.